The molecule has 9 heteroatoms. The van der Waals surface area contributed by atoms with Gasteiger partial charge in [-0.05, 0) is 57.6 Å². The van der Waals surface area contributed by atoms with Gasteiger partial charge in [-0.1, -0.05) is 50.6 Å². The van der Waals surface area contributed by atoms with E-state index in [9.17, 15) is 14.7 Å². The van der Waals surface area contributed by atoms with E-state index in [1.165, 1.54) is 10.9 Å². The van der Waals surface area contributed by atoms with Gasteiger partial charge in [0.05, 0.1) is 0 Å². The first-order chi connectivity index (χ1) is 18.0. The van der Waals surface area contributed by atoms with Gasteiger partial charge in [-0.2, -0.15) is 0 Å². The van der Waals surface area contributed by atoms with Crippen molar-refractivity contribution in [2.24, 2.45) is 12.5 Å². The molecule has 0 aliphatic heterocycles. The summed E-state index contributed by atoms with van der Waals surface area (Å²) < 4.78 is 12.9. The first-order valence-electron chi connectivity index (χ1n) is 13.0. The fourth-order valence-electron chi connectivity index (χ4n) is 4.27. The van der Waals surface area contributed by atoms with Crippen LogP contribution in [0.2, 0.25) is 0 Å². The number of ether oxygens (including phenoxy) is 2. The van der Waals surface area contributed by atoms with Gasteiger partial charge in [0.25, 0.3) is 0 Å². The summed E-state index contributed by atoms with van der Waals surface area (Å²) in [6.07, 6.45) is 1.58. The lowest BCUT2D eigenvalue weighted by Gasteiger charge is -2.26. The Kier molecular flexibility index (Phi) is 8.73. The Bertz CT molecular complexity index is 1350. The van der Waals surface area contributed by atoms with Gasteiger partial charge in [0.2, 0.25) is 5.88 Å². The van der Waals surface area contributed by atoms with Crippen molar-refractivity contribution < 1.29 is 24.2 Å². The van der Waals surface area contributed by atoms with Crippen LogP contribution in [0, 0.1) is 19.3 Å². The number of nitrogens with one attached hydrogen (secondary N) is 1. The molecule has 1 amide bonds. The zero-order valence-corrected chi connectivity index (χ0v) is 24.4. The number of hydrogen-bond acceptors (Lipinski definition) is 6. The Morgan fingerprint density at radius 1 is 1.03 bits per heavy atom. The fourth-order valence-corrected chi connectivity index (χ4v) is 4.27. The molecule has 1 aromatic carbocycles. The van der Waals surface area contributed by atoms with Crippen molar-refractivity contribution in [3.8, 4) is 17.0 Å². The van der Waals surface area contributed by atoms with Crippen LogP contribution >= 0.6 is 0 Å². The highest BCUT2D eigenvalue weighted by molar-refractivity contribution is 5.89. The Morgan fingerprint density at radius 3 is 2.23 bits per heavy atom. The number of carboxylic acids is 1. The Balaban J connectivity index is 2.16. The molecule has 2 aromatic heterocycles. The van der Waals surface area contributed by atoms with Crippen LogP contribution in [-0.2, 0) is 31.4 Å². The van der Waals surface area contributed by atoms with E-state index in [1.54, 1.807) is 7.05 Å². The van der Waals surface area contributed by atoms with Crippen LogP contribution in [-0.4, -0.2) is 37.5 Å². The highest BCUT2D eigenvalue weighted by Gasteiger charge is 2.25. The quantitative estimate of drug-likeness (QED) is 0.363. The largest absolute Gasteiger partial charge is 0.477 e. The number of pyridine rings is 1. The first-order valence-corrected chi connectivity index (χ1v) is 13.0. The van der Waals surface area contributed by atoms with E-state index < -0.39 is 17.7 Å². The van der Waals surface area contributed by atoms with E-state index in [2.05, 4.69) is 31.2 Å². The molecule has 0 saturated heterocycles. The minimum atomic E-state index is -1.12. The van der Waals surface area contributed by atoms with E-state index in [0.717, 1.165) is 39.2 Å². The molecule has 39 heavy (non-hydrogen) atoms. The van der Waals surface area contributed by atoms with Crippen LogP contribution in [0.4, 0.5) is 4.79 Å². The Labute approximate surface area is 230 Å². The number of carbonyl (C=O) groups is 2. The highest BCUT2D eigenvalue weighted by atomic mass is 16.6. The lowest BCUT2D eigenvalue weighted by atomic mass is 9.85. The topological polar surface area (TPSA) is 116 Å². The van der Waals surface area contributed by atoms with Gasteiger partial charge in [0, 0.05) is 42.3 Å². The van der Waals surface area contributed by atoms with E-state index in [1.807, 2.05) is 58.9 Å². The van der Waals surface area contributed by atoms with E-state index in [-0.39, 0.29) is 30.0 Å². The van der Waals surface area contributed by atoms with Crippen molar-refractivity contribution in [2.45, 2.75) is 80.6 Å². The van der Waals surface area contributed by atoms with Crippen LogP contribution in [0.1, 0.15) is 80.0 Å². The standard InChI is InChI=1S/C30H40N4O5/c1-18-10-12-20(13-11-18)25-21(15-31-28(37)39-30(6,7)8)24(14-29(3,4)5)32-19(2)23(25)17-38-26-22(27(35)36)16-34(9)33-26/h10-13,16H,14-15,17H2,1-9H3,(H,31,37)(H,35,36). The van der Waals surface area contributed by atoms with Gasteiger partial charge in [-0.3, -0.25) is 9.67 Å². The van der Waals surface area contributed by atoms with Gasteiger partial charge >= 0.3 is 12.1 Å². The summed E-state index contributed by atoms with van der Waals surface area (Å²) >= 11 is 0. The number of aromatic nitrogens is 3. The number of nitrogens with zero attached hydrogens (tertiary/aromatic N) is 3. The van der Waals surface area contributed by atoms with Gasteiger partial charge in [0.1, 0.15) is 17.8 Å². The molecule has 3 rings (SSSR count). The maximum Gasteiger partial charge on any atom is 0.407 e. The van der Waals surface area contributed by atoms with Crippen molar-refractivity contribution in [3.05, 3.63) is 64.1 Å². The molecule has 0 radical (unpaired) electrons. The van der Waals surface area contributed by atoms with Crippen LogP contribution in [0.15, 0.2) is 30.5 Å². The predicted octanol–water partition coefficient (Wildman–Crippen LogP) is 5.99. The third-order valence-electron chi connectivity index (χ3n) is 5.92. The summed E-state index contributed by atoms with van der Waals surface area (Å²) in [6.45, 7) is 16.1. The average Bonchev–Trinajstić information content (AvgIpc) is 3.16. The first kappa shape index (κ1) is 29.7. The molecular weight excluding hydrogens is 496 g/mol. The second-order valence-electron chi connectivity index (χ2n) is 12.1. The number of carbonyl (C=O) groups excluding carboxylic acids is 1. The number of benzene rings is 1. The fraction of sp³-hybridized carbons (Fsp3) is 0.467. The summed E-state index contributed by atoms with van der Waals surface area (Å²) in [5, 5.41) is 16.7. The summed E-state index contributed by atoms with van der Waals surface area (Å²) in [5.74, 6) is -1.08. The molecule has 9 nitrogen and oxygen atoms in total. The molecule has 3 aromatic rings. The van der Waals surface area contributed by atoms with Crippen LogP contribution < -0.4 is 10.1 Å². The number of alkyl carbamates (subject to hydrolysis) is 1. The van der Waals surface area contributed by atoms with Crippen molar-refractivity contribution in [1.29, 1.82) is 0 Å². The molecule has 2 heterocycles. The monoisotopic (exact) mass is 536 g/mol. The Hall–Kier alpha value is -3.88. The number of hydrogen-bond donors (Lipinski definition) is 2. The molecule has 0 spiro atoms. The van der Waals surface area contributed by atoms with Crippen LogP contribution in [0.3, 0.4) is 0 Å². The molecule has 0 saturated carbocycles. The maximum atomic E-state index is 12.6. The van der Waals surface area contributed by atoms with E-state index in [0.29, 0.717) is 6.42 Å². The predicted molar refractivity (Wildman–Crippen MR) is 150 cm³/mol. The van der Waals surface area contributed by atoms with Crippen molar-refractivity contribution in [3.63, 3.8) is 0 Å². The molecule has 2 N–H and O–H groups in total. The smallest absolute Gasteiger partial charge is 0.407 e. The number of carboxylic acid groups (broad SMARTS) is 1. The van der Waals surface area contributed by atoms with Crippen molar-refractivity contribution >= 4 is 12.1 Å². The zero-order valence-electron chi connectivity index (χ0n) is 24.4. The average molecular weight is 537 g/mol. The maximum absolute atomic E-state index is 12.6. The molecule has 0 bridgehead atoms. The molecule has 0 unspecified atom stereocenters. The third-order valence-corrected chi connectivity index (χ3v) is 5.92. The van der Waals surface area contributed by atoms with E-state index in [4.69, 9.17) is 14.5 Å². The molecule has 210 valence electrons. The number of rotatable bonds is 8. The van der Waals surface area contributed by atoms with Crippen molar-refractivity contribution in [2.75, 3.05) is 0 Å². The SMILES string of the molecule is Cc1ccc(-c2c(COc3nn(C)cc3C(=O)O)c(C)nc(CC(C)(C)C)c2CNC(=O)OC(C)(C)C)cc1. The minimum absolute atomic E-state index is 0.0174. The van der Waals surface area contributed by atoms with Gasteiger partial charge < -0.3 is 19.9 Å². The summed E-state index contributed by atoms with van der Waals surface area (Å²) in [5.41, 5.74) is 5.54. The van der Waals surface area contributed by atoms with E-state index >= 15 is 0 Å². The second kappa shape index (κ2) is 11.5. The Morgan fingerprint density at radius 2 is 1.67 bits per heavy atom. The summed E-state index contributed by atoms with van der Waals surface area (Å²) in [4.78, 5) is 29.3. The lowest BCUT2D eigenvalue weighted by Crippen LogP contribution is -2.33. The second-order valence-corrected chi connectivity index (χ2v) is 12.1. The number of amides is 1. The van der Waals surface area contributed by atoms with Gasteiger partial charge in [0.15, 0.2) is 0 Å². The van der Waals surface area contributed by atoms with Gasteiger partial charge in [-0.25, -0.2) is 9.59 Å². The van der Waals surface area contributed by atoms with Crippen LogP contribution in [0.5, 0.6) is 5.88 Å². The lowest BCUT2D eigenvalue weighted by molar-refractivity contribution is 0.0523. The zero-order chi connectivity index (χ0) is 29.1. The highest BCUT2D eigenvalue weighted by Crippen LogP contribution is 2.35. The number of aromatic carboxylic acids is 1. The molecule has 0 atom stereocenters. The minimum Gasteiger partial charge on any atom is -0.477 e. The summed E-state index contributed by atoms with van der Waals surface area (Å²) in [6, 6.07) is 8.14. The van der Waals surface area contributed by atoms with Crippen LogP contribution in [0.25, 0.3) is 11.1 Å². The third kappa shape index (κ3) is 8.05. The summed E-state index contributed by atoms with van der Waals surface area (Å²) in [7, 11) is 1.64. The number of aryl methyl sites for hydroxylation is 3. The molecular formula is C30H40N4O5. The molecule has 0 fully saturated rings. The van der Waals surface area contributed by atoms with Gasteiger partial charge in [-0.15, -0.1) is 5.10 Å². The van der Waals surface area contributed by atoms with Crippen molar-refractivity contribution in [1.82, 2.24) is 20.1 Å². The normalized spacial score (nSPS) is 11.8. The molecule has 0 aliphatic carbocycles. The molecule has 0 aliphatic rings.